The molecule has 0 N–H and O–H groups in total. The standard InChI is InChI=1S/C25H36O6S2/c1-9-23(31-33(28,29)22-16-12-20(13-17-22)25(6,7)8)18(2)30-32(26,27)21-14-10-19(11-15-21)24(3,4)5/h10-18,23H,9H2,1-8H3. The SMILES string of the molecule is CCC(OS(=O)(=O)c1ccc(C(C)(C)C)cc1)C(C)OS(=O)(=O)c1ccc(C(C)(C)C)cc1. The molecular weight excluding hydrogens is 460 g/mol. The highest BCUT2D eigenvalue weighted by atomic mass is 32.2. The Morgan fingerprint density at radius 3 is 1.30 bits per heavy atom. The molecule has 2 rings (SSSR count). The summed E-state index contributed by atoms with van der Waals surface area (Å²) < 4.78 is 61.9. The summed E-state index contributed by atoms with van der Waals surface area (Å²) in [7, 11) is -8.19. The minimum Gasteiger partial charge on any atom is -0.261 e. The van der Waals surface area contributed by atoms with Gasteiger partial charge in [0.1, 0.15) is 12.2 Å². The minimum atomic E-state index is -4.10. The van der Waals surface area contributed by atoms with Crippen LogP contribution in [0.25, 0.3) is 0 Å². The average Bonchev–Trinajstić information content (AvgIpc) is 2.70. The molecule has 0 aromatic heterocycles. The van der Waals surface area contributed by atoms with E-state index in [1.165, 1.54) is 31.2 Å². The molecule has 6 nitrogen and oxygen atoms in total. The Morgan fingerprint density at radius 2 is 1.00 bits per heavy atom. The van der Waals surface area contributed by atoms with Gasteiger partial charge in [-0.3, -0.25) is 8.37 Å². The molecule has 0 aliphatic heterocycles. The first-order chi connectivity index (χ1) is 15.0. The molecule has 2 aromatic rings. The zero-order valence-corrected chi connectivity index (χ0v) is 22.4. The zero-order chi connectivity index (χ0) is 25.2. The maximum absolute atomic E-state index is 12.8. The first-order valence-corrected chi connectivity index (χ1v) is 13.9. The number of hydrogen-bond donors (Lipinski definition) is 0. The fraction of sp³-hybridized carbons (Fsp3) is 0.520. The largest absolute Gasteiger partial charge is 0.297 e. The highest BCUT2D eigenvalue weighted by Crippen LogP contribution is 2.27. The maximum atomic E-state index is 12.8. The number of rotatable bonds is 8. The summed E-state index contributed by atoms with van der Waals surface area (Å²) in [6, 6.07) is 13.0. The van der Waals surface area contributed by atoms with Crippen LogP contribution in [0, 0.1) is 0 Å². The van der Waals surface area contributed by atoms with E-state index in [9.17, 15) is 16.8 Å². The van der Waals surface area contributed by atoms with E-state index in [-0.39, 0.29) is 27.0 Å². The normalized spacial score (nSPS) is 15.3. The molecule has 2 unspecified atom stereocenters. The highest BCUT2D eigenvalue weighted by Gasteiger charge is 2.30. The van der Waals surface area contributed by atoms with Gasteiger partial charge in [-0.2, -0.15) is 16.8 Å². The van der Waals surface area contributed by atoms with E-state index < -0.39 is 32.4 Å². The van der Waals surface area contributed by atoms with Gasteiger partial charge < -0.3 is 0 Å². The van der Waals surface area contributed by atoms with Crippen molar-refractivity contribution < 1.29 is 25.2 Å². The van der Waals surface area contributed by atoms with Gasteiger partial charge >= 0.3 is 0 Å². The predicted molar refractivity (Wildman–Crippen MR) is 130 cm³/mol. The summed E-state index contributed by atoms with van der Waals surface area (Å²) in [5, 5.41) is 0. The van der Waals surface area contributed by atoms with Crippen molar-refractivity contribution in [2.45, 2.75) is 94.6 Å². The molecule has 184 valence electrons. The van der Waals surface area contributed by atoms with E-state index in [4.69, 9.17) is 8.37 Å². The first kappa shape index (κ1) is 27.5. The molecule has 0 saturated heterocycles. The Balaban J connectivity index is 2.17. The van der Waals surface area contributed by atoms with Crippen molar-refractivity contribution in [1.29, 1.82) is 0 Å². The van der Waals surface area contributed by atoms with E-state index in [2.05, 4.69) is 0 Å². The van der Waals surface area contributed by atoms with Gasteiger partial charge in [-0.05, 0) is 59.6 Å². The lowest BCUT2D eigenvalue weighted by Gasteiger charge is -2.23. The molecular formula is C25H36O6S2. The molecule has 0 aliphatic carbocycles. The Morgan fingerprint density at radius 1 is 0.667 bits per heavy atom. The summed E-state index contributed by atoms with van der Waals surface area (Å²) in [4.78, 5) is 0.0274. The Labute approximate surface area is 199 Å². The van der Waals surface area contributed by atoms with Crippen LogP contribution >= 0.6 is 0 Å². The molecule has 0 saturated carbocycles. The second-order valence-corrected chi connectivity index (χ2v) is 13.4. The van der Waals surface area contributed by atoms with Gasteiger partial charge in [0.05, 0.1) is 9.79 Å². The Kier molecular flexibility index (Phi) is 8.22. The Hall–Kier alpha value is -1.74. The second kappa shape index (κ2) is 9.86. The molecule has 0 fully saturated rings. The maximum Gasteiger partial charge on any atom is 0.297 e. The average molecular weight is 497 g/mol. The number of benzene rings is 2. The molecule has 2 aromatic carbocycles. The van der Waals surface area contributed by atoms with Crippen LogP contribution in [0.5, 0.6) is 0 Å². The van der Waals surface area contributed by atoms with Crippen molar-refractivity contribution in [1.82, 2.24) is 0 Å². The Bertz CT molecular complexity index is 1140. The van der Waals surface area contributed by atoms with Crippen molar-refractivity contribution in [3.05, 3.63) is 59.7 Å². The molecule has 0 aliphatic rings. The molecule has 8 heteroatoms. The van der Waals surface area contributed by atoms with Crippen molar-refractivity contribution in [2.24, 2.45) is 0 Å². The topological polar surface area (TPSA) is 86.7 Å². The molecule has 0 radical (unpaired) electrons. The number of hydrogen-bond acceptors (Lipinski definition) is 6. The molecule has 0 heterocycles. The zero-order valence-electron chi connectivity index (χ0n) is 20.7. The molecule has 2 atom stereocenters. The molecule has 0 spiro atoms. The van der Waals surface area contributed by atoms with Gasteiger partial charge in [0.2, 0.25) is 0 Å². The van der Waals surface area contributed by atoms with Gasteiger partial charge in [-0.25, -0.2) is 0 Å². The van der Waals surface area contributed by atoms with Crippen molar-refractivity contribution >= 4 is 20.2 Å². The van der Waals surface area contributed by atoms with E-state index >= 15 is 0 Å². The minimum absolute atomic E-state index is 0.0119. The lowest BCUT2D eigenvalue weighted by molar-refractivity contribution is 0.0720. The lowest BCUT2D eigenvalue weighted by atomic mass is 9.87. The van der Waals surface area contributed by atoms with Crippen LogP contribution in [0.15, 0.2) is 58.3 Å². The van der Waals surface area contributed by atoms with Gasteiger partial charge in [-0.1, -0.05) is 72.7 Å². The van der Waals surface area contributed by atoms with Gasteiger partial charge in [0, 0.05) is 0 Å². The molecule has 33 heavy (non-hydrogen) atoms. The monoisotopic (exact) mass is 496 g/mol. The lowest BCUT2D eigenvalue weighted by Crippen LogP contribution is -2.32. The smallest absolute Gasteiger partial charge is 0.261 e. The van der Waals surface area contributed by atoms with E-state index in [1.807, 2.05) is 41.5 Å². The van der Waals surface area contributed by atoms with Crippen LogP contribution in [0.2, 0.25) is 0 Å². The summed E-state index contributed by atoms with van der Waals surface area (Å²) in [5.74, 6) is 0. The van der Waals surface area contributed by atoms with Crippen molar-refractivity contribution in [3.8, 4) is 0 Å². The summed E-state index contributed by atoms with van der Waals surface area (Å²) in [5.41, 5.74) is 1.76. The van der Waals surface area contributed by atoms with Crippen LogP contribution in [0.4, 0.5) is 0 Å². The van der Waals surface area contributed by atoms with E-state index in [0.717, 1.165) is 11.1 Å². The van der Waals surface area contributed by atoms with Gasteiger partial charge in [0.25, 0.3) is 20.2 Å². The third-order valence-corrected chi connectivity index (χ3v) is 8.23. The fourth-order valence-electron chi connectivity index (χ4n) is 3.26. The van der Waals surface area contributed by atoms with E-state index in [1.54, 1.807) is 31.2 Å². The first-order valence-electron chi connectivity index (χ1n) is 11.0. The highest BCUT2D eigenvalue weighted by molar-refractivity contribution is 7.87. The summed E-state index contributed by atoms with van der Waals surface area (Å²) in [6.45, 7) is 15.4. The van der Waals surface area contributed by atoms with E-state index in [0.29, 0.717) is 0 Å². The van der Waals surface area contributed by atoms with Gasteiger partial charge in [0.15, 0.2) is 0 Å². The van der Waals surface area contributed by atoms with Crippen molar-refractivity contribution in [2.75, 3.05) is 0 Å². The predicted octanol–water partition coefficient (Wildman–Crippen LogP) is 5.56. The quantitative estimate of drug-likeness (QED) is 0.445. The third kappa shape index (κ3) is 7.12. The van der Waals surface area contributed by atoms with Crippen LogP contribution in [-0.2, 0) is 39.4 Å². The van der Waals surface area contributed by atoms with Crippen molar-refractivity contribution in [3.63, 3.8) is 0 Å². The van der Waals surface area contributed by atoms with Gasteiger partial charge in [-0.15, -0.1) is 0 Å². The summed E-state index contributed by atoms with van der Waals surface area (Å²) >= 11 is 0. The van der Waals surface area contributed by atoms with Crippen LogP contribution in [-0.4, -0.2) is 29.0 Å². The molecule has 0 amide bonds. The third-order valence-electron chi connectivity index (χ3n) is 5.47. The van der Waals surface area contributed by atoms with Crippen LogP contribution in [0.3, 0.4) is 0 Å². The van der Waals surface area contributed by atoms with Crippen LogP contribution < -0.4 is 0 Å². The molecule has 0 bridgehead atoms. The summed E-state index contributed by atoms with van der Waals surface area (Å²) in [6.07, 6.45) is -1.73. The fourth-order valence-corrected chi connectivity index (χ4v) is 5.56. The van der Waals surface area contributed by atoms with Crippen LogP contribution in [0.1, 0.15) is 72.9 Å². The second-order valence-electron chi connectivity index (χ2n) is 10.3.